The van der Waals surface area contributed by atoms with Crippen molar-refractivity contribution in [3.8, 4) is 0 Å². The molecule has 2 amide bonds. The largest absolute Gasteiger partial charge is 0.416 e. The van der Waals surface area contributed by atoms with Crippen LogP contribution in [-0.4, -0.2) is 52.1 Å². The van der Waals surface area contributed by atoms with Crippen molar-refractivity contribution in [1.82, 2.24) is 15.5 Å². The number of rotatable bonds is 2. The first-order valence-corrected chi connectivity index (χ1v) is 8.59. The molecule has 2 saturated heterocycles. The molecule has 2 N–H and O–H groups in total. The summed E-state index contributed by atoms with van der Waals surface area (Å²) in [6.07, 6.45) is -4.40. The number of nitrogens with one attached hydrogen (secondary N) is 2. The number of alkyl halides is 3. The summed E-state index contributed by atoms with van der Waals surface area (Å²) in [6.45, 7) is 2.42. The Bertz CT molecular complexity index is 684. The molecule has 1 aromatic carbocycles. The molecule has 2 fully saturated rings. The average molecular weight is 357 g/mol. The Hall–Kier alpha value is -1.87. The van der Waals surface area contributed by atoms with Gasteiger partial charge in [-0.1, -0.05) is 12.1 Å². The van der Waals surface area contributed by atoms with Crippen LogP contribution in [0, 0.1) is 0 Å². The van der Waals surface area contributed by atoms with Gasteiger partial charge in [-0.25, -0.2) is 0 Å². The maximum atomic E-state index is 12.8. The van der Waals surface area contributed by atoms with Crippen LogP contribution >= 0.6 is 0 Å². The number of hydrogen-bond acceptors (Lipinski definition) is 3. The van der Waals surface area contributed by atoms with E-state index in [2.05, 4.69) is 10.6 Å². The number of carbonyl (C=O) groups excluding carboxylic acids is 2. The molecule has 2 aliphatic rings. The van der Waals surface area contributed by atoms with Crippen molar-refractivity contribution in [2.24, 2.45) is 0 Å². The molecular formula is C15H18F3N3O2Si. The van der Waals surface area contributed by atoms with E-state index in [9.17, 15) is 22.8 Å². The van der Waals surface area contributed by atoms with Gasteiger partial charge in [-0.15, -0.1) is 0 Å². The van der Waals surface area contributed by atoms with E-state index in [1.165, 1.54) is 12.1 Å². The zero-order valence-corrected chi connectivity index (χ0v) is 15.3. The summed E-state index contributed by atoms with van der Waals surface area (Å²) in [5.41, 5.74) is -1.07. The minimum Gasteiger partial charge on any atom is -0.345 e. The molecule has 0 radical (unpaired) electrons. The second-order valence-corrected chi connectivity index (χ2v) is 8.63. The number of carbonyl (C=O) groups is 2. The van der Waals surface area contributed by atoms with E-state index in [0.29, 0.717) is 28.9 Å². The quantitative estimate of drug-likeness (QED) is 0.705. The van der Waals surface area contributed by atoms with E-state index in [0.717, 1.165) is 12.1 Å². The predicted octanol–water partition coefficient (Wildman–Crippen LogP) is -0.456. The van der Waals surface area contributed by atoms with Gasteiger partial charge >= 0.3 is 6.18 Å². The predicted molar refractivity (Wildman–Crippen MR) is 84.2 cm³/mol. The summed E-state index contributed by atoms with van der Waals surface area (Å²) < 4.78 is 38.3. The Morgan fingerprint density at radius 1 is 1.12 bits per heavy atom. The molecule has 0 saturated carbocycles. The van der Waals surface area contributed by atoms with E-state index < -0.39 is 22.4 Å². The van der Waals surface area contributed by atoms with E-state index in [1.807, 2.05) is 0 Å². The number of nitrogens with zero attached hydrogens (tertiary/aromatic N) is 1. The van der Waals surface area contributed by atoms with Gasteiger partial charge in [-0.05, 0) is 24.6 Å². The fourth-order valence-electron chi connectivity index (χ4n) is 3.46. The molecule has 1 spiro atoms. The summed E-state index contributed by atoms with van der Waals surface area (Å²) >= 11 is 0. The third-order valence-corrected chi connectivity index (χ3v) is 5.84. The molecule has 0 aliphatic carbocycles. The van der Waals surface area contributed by atoms with Crippen molar-refractivity contribution in [1.29, 1.82) is 0 Å². The van der Waals surface area contributed by atoms with Crippen LogP contribution in [0.4, 0.5) is 13.2 Å². The second kappa shape index (κ2) is 5.32. The van der Waals surface area contributed by atoms with Gasteiger partial charge in [0.25, 0.3) is 0 Å². The highest BCUT2D eigenvalue weighted by atomic mass is 28.1. The molecule has 2 heterocycles. The summed E-state index contributed by atoms with van der Waals surface area (Å²) in [4.78, 5) is 26.4. The van der Waals surface area contributed by atoms with Crippen LogP contribution in [0.1, 0.15) is 18.1 Å². The van der Waals surface area contributed by atoms with Gasteiger partial charge in [0.15, 0.2) is 0 Å². The van der Waals surface area contributed by atoms with Gasteiger partial charge in [-0.3, -0.25) is 9.59 Å². The molecule has 1 aromatic rings. The molecular weight excluding hydrogens is 339 g/mol. The minimum absolute atomic E-state index is 0.0843. The molecule has 9 heteroatoms. The zero-order valence-electron chi connectivity index (χ0n) is 13.3. The van der Waals surface area contributed by atoms with Gasteiger partial charge in [0.05, 0.1) is 12.1 Å². The number of hydrogen-bond donors (Lipinski definition) is 2. The second-order valence-electron chi connectivity index (χ2n) is 6.68. The highest BCUT2D eigenvalue weighted by molar-refractivity contribution is 6.18. The SMILES string of the molecule is C[C@]([SiH3])(c1ccc(C(F)(F)F)cc1)N1C(=O)CNC(=O)C12CNC2. The molecule has 0 bridgehead atoms. The van der Waals surface area contributed by atoms with Gasteiger partial charge in [0.2, 0.25) is 11.8 Å². The number of benzene rings is 1. The normalized spacial score (nSPS) is 22.9. The summed E-state index contributed by atoms with van der Waals surface area (Å²) in [6, 6.07) is 4.84. The molecule has 3 rings (SSSR count). The highest BCUT2D eigenvalue weighted by Crippen LogP contribution is 2.37. The molecule has 2 aliphatic heterocycles. The summed E-state index contributed by atoms with van der Waals surface area (Å²) in [7, 11) is 0.469. The van der Waals surface area contributed by atoms with Crippen molar-refractivity contribution in [2.75, 3.05) is 19.6 Å². The van der Waals surface area contributed by atoms with Crippen LogP contribution in [0.5, 0.6) is 0 Å². The van der Waals surface area contributed by atoms with Gasteiger partial charge in [0, 0.05) is 28.5 Å². The smallest absolute Gasteiger partial charge is 0.345 e. The third-order valence-electron chi connectivity index (χ3n) is 4.81. The molecule has 130 valence electrons. The minimum atomic E-state index is -4.40. The van der Waals surface area contributed by atoms with Crippen LogP contribution in [0.2, 0.25) is 0 Å². The first-order valence-electron chi connectivity index (χ1n) is 7.59. The number of halogens is 3. The lowest BCUT2D eigenvalue weighted by atomic mass is 9.84. The lowest BCUT2D eigenvalue weighted by Gasteiger charge is -2.57. The fraction of sp³-hybridized carbons (Fsp3) is 0.467. The lowest BCUT2D eigenvalue weighted by Crippen LogP contribution is -2.82. The zero-order chi connectivity index (χ0) is 17.8. The number of amides is 2. The van der Waals surface area contributed by atoms with E-state index in [4.69, 9.17) is 0 Å². The van der Waals surface area contributed by atoms with Crippen molar-refractivity contribution >= 4 is 22.1 Å². The molecule has 0 aromatic heterocycles. The van der Waals surface area contributed by atoms with Crippen molar-refractivity contribution in [2.45, 2.75) is 23.8 Å². The van der Waals surface area contributed by atoms with Gasteiger partial charge in [-0.2, -0.15) is 13.2 Å². The molecule has 0 unspecified atom stereocenters. The van der Waals surface area contributed by atoms with Crippen LogP contribution in [-0.2, 0) is 20.9 Å². The van der Waals surface area contributed by atoms with Crippen LogP contribution in [0.15, 0.2) is 24.3 Å². The Morgan fingerprint density at radius 2 is 1.67 bits per heavy atom. The van der Waals surface area contributed by atoms with Crippen LogP contribution < -0.4 is 10.6 Å². The standard InChI is InChI=1S/C15H18F3N3O2Si/c1-13(24,9-2-4-10(5-3-9)15(16,17)18)21-11(22)6-20-12(23)14(21)7-19-8-14/h2-5,19H,6-8H2,1,24H3,(H,20,23)/t13-/m0/s1. The third kappa shape index (κ3) is 2.42. The lowest BCUT2D eigenvalue weighted by molar-refractivity contribution is -0.163. The summed E-state index contributed by atoms with van der Waals surface area (Å²) in [5, 5.41) is 4.84. The van der Waals surface area contributed by atoms with Gasteiger partial charge in [0.1, 0.15) is 5.54 Å². The average Bonchev–Trinajstić information content (AvgIpc) is 2.46. The van der Waals surface area contributed by atoms with Crippen molar-refractivity contribution in [3.05, 3.63) is 35.4 Å². The molecule has 5 nitrogen and oxygen atoms in total. The number of piperazine rings is 1. The van der Waals surface area contributed by atoms with E-state index >= 15 is 0 Å². The van der Waals surface area contributed by atoms with Crippen LogP contribution in [0.25, 0.3) is 0 Å². The van der Waals surface area contributed by atoms with Crippen LogP contribution in [0.3, 0.4) is 0 Å². The maximum absolute atomic E-state index is 12.8. The van der Waals surface area contributed by atoms with Gasteiger partial charge < -0.3 is 15.5 Å². The Morgan fingerprint density at radius 3 is 2.12 bits per heavy atom. The maximum Gasteiger partial charge on any atom is 0.416 e. The fourth-order valence-corrected chi connectivity index (χ4v) is 4.47. The highest BCUT2D eigenvalue weighted by Gasteiger charge is 2.58. The first-order chi connectivity index (χ1) is 11.1. The molecule has 24 heavy (non-hydrogen) atoms. The van der Waals surface area contributed by atoms with E-state index in [-0.39, 0.29) is 18.4 Å². The first kappa shape index (κ1) is 17.0. The molecule has 1 atom stereocenters. The van der Waals surface area contributed by atoms with Crippen molar-refractivity contribution in [3.63, 3.8) is 0 Å². The van der Waals surface area contributed by atoms with Crippen molar-refractivity contribution < 1.29 is 22.8 Å². The summed E-state index contributed by atoms with van der Waals surface area (Å²) in [5.74, 6) is -0.427. The Labute approximate surface area is 140 Å². The van der Waals surface area contributed by atoms with E-state index in [1.54, 1.807) is 11.8 Å². The topological polar surface area (TPSA) is 61.4 Å². The Kier molecular flexibility index (Phi) is 3.76. The Balaban J connectivity index is 1.99. The monoisotopic (exact) mass is 357 g/mol.